The molecule has 6 nitrogen and oxygen atoms in total. The number of piperazine rings is 1. The highest BCUT2D eigenvalue weighted by Crippen LogP contribution is 2.22. The van der Waals surface area contributed by atoms with Crippen LogP contribution in [0, 0.1) is 5.82 Å². The number of halogens is 2. The Balaban J connectivity index is 1.65. The molecule has 0 saturated carbocycles. The Hall–Kier alpha value is -2.48. The molecule has 1 unspecified atom stereocenters. The molecule has 2 aromatic carbocycles. The van der Waals surface area contributed by atoms with Crippen LogP contribution in [-0.2, 0) is 9.59 Å². The van der Waals surface area contributed by atoms with E-state index in [4.69, 9.17) is 11.6 Å². The van der Waals surface area contributed by atoms with Gasteiger partial charge in [0.1, 0.15) is 5.82 Å². The van der Waals surface area contributed by atoms with Crippen LogP contribution in [0.5, 0.6) is 0 Å². The van der Waals surface area contributed by atoms with Crippen molar-refractivity contribution >= 4 is 29.1 Å². The van der Waals surface area contributed by atoms with Gasteiger partial charge in [0.25, 0.3) is 0 Å². The molecule has 0 aromatic heterocycles. The first-order valence-corrected chi connectivity index (χ1v) is 9.83. The molecule has 2 aromatic rings. The van der Waals surface area contributed by atoms with Gasteiger partial charge in [-0.2, -0.15) is 0 Å². The number of likely N-dealkylation sites (N-methyl/N-ethyl adjacent to an activating group) is 1. The number of hydrogen-bond donors (Lipinski definition) is 2. The van der Waals surface area contributed by atoms with Crippen molar-refractivity contribution in [2.24, 2.45) is 0 Å². The van der Waals surface area contributed by atoms with E-state index in [0.29, 0.717) is 10.7 Å². The summed E-state index contributed by atoms with van der Waals surface area (Å²) >= 11 is 6.02. The zero-order chi connectivity index (χ0) is 20.8. The van der Waals surface area contributed by atoms with E-state index < -0.39 is 11.8 Å². The summed E-state index contributed by atoms with van der Waals surface area (Å²) in [7, 11) is 2.06. The molecular formula is C21H24ClFN4O2. The summed E-state index contributed by atoms with van der Waals surface area (Å²) < 4.78 is 13.3. The van der Waals surface area contributed by atoms with Gasteiger partial charge < -0.3 is 15.5 Å². The van der Waals surface area contributed by atoms with Crippen LogP contribution in [0.2, 0.25) is 5.02 Å². The van der Waals surface area contributed by atoms with Crippen molar-refractivity contribution in [3.05, 3.63) is 64.9 Å². The second kappa shape index (κ2) is 9.82. The summed E-state index contributed by atoms with van der Waals surface area (Å²) in [5, 5.41) is 5.57. The van der Waals surface area contributed by atoms with Gasteiger partial charge >= 0.3 is 11.8 Å². The first kappa shape index (κ1) is 21.2. The van der Waals surface area contributed by atoms with Crippen LogP contribution < -0.4 is 10.6 Å². The van der Waals surface area contributed by atoms with Crippen molar-refractivity contribution in [1.29, 1.82) is 0 Å². The van der Waals surface area contributed by atoms with Gasteiger partial charge in [0, 0.05) is 32.7 Å². The summed E-state index contributed by atoms with van der Waals surface area (Å²) in [6.07, 6.45) is 0. The van der Waals surface area contributed by atoms with E-state index in [2.05, 4.69) is 27.5 Å². The first-order valence-electron chi connectivity index (χ1n) is 9.46. The lowest BCUT2D eigenvalue weighted by atomic mass is 10.0. The molecule has 1 heterocycles. The van der Waals surface area contributed by atoms with Gasteiger partial charge in [-0.15, -0.1) is 0 Å². The van der Waals surface area contributed by atoms with Crippen LogP contribution in [0.3, 0.4) is 0 Å². The third kappa shape index (κ3) is 5.76. The molecule has 1 aliphatic rings. The summed E-state index contributed by atoms with van der Waals surface area (Å²) in [6.45, 7) is 3.68. The van der Waals surface area contributed by atoms with E-state index in [1.54, 1.807) is 36.4 Å². The zero-order valence-corrected chi connectivity index (χ0v) is 17.0. The number of para-hydroxylation sites is 1. The average molecular weight is 419 g/mol. The predicted octanol–water partition coefficient (Wildman–Crippen LogP) is 2.52. The molecule has 3 rings (SSSR count). The smallest absolute Gasteiger partial charge is 0.313 e. The van der Waals surface area contributed by atoms with Crippen molar-refractivity contribution in [3.63, 3.8) is 0 Å². The van der Waals surface area contributed by atoms with Crippen molar-refractivity contribution < 1.29 is 14.0 Å². The van der Waals surface area contributed by atoms with Gasteiger partial charge in [0.15, 0.2) is 0 Å². The second-order valence-corrected chi connectivity index (χ2v) is 7.46. The first-order chi connectivity index (χ1) is 13.9. The minimum Gasteiger partial charge on any atom is -0.346 e. The number of benzene rings is 2. The molecule has 0 spiro atoms. The fourth-order valence-corrected chi connectivity index (χ4v) is 3.47. The maximum absolute atomic E-state index is 13.3. The molecule has 1 fully saturated rings. The van der Waals surface area contributed by atoms with Gasteiger partial charge in [0.2, 0.25) is 0 Å². The third-order valence-corrected chi connectivity index (χ3v) is 5.35. The summed E-state index contributed by atoms with van der Waals surface area (Å²) in [5.74, 6) is -1.84. The van der Waals surface area contributed by atoms with E-state index in [-0.39, 0.29) is 18.4 Å². The highest BCUT2D eigenvalue weighted by atomic mass is 35.5. The van der Waals surface area contributed by atoms with E-state index in [0.717, 1.165) is 31.7 Å². The molecule has 0 radical (unpaired) electrons. The molecule has 8 heteroatoms. The Morgan fingerprint density at radius 2 is 1.69 bits per heavy atom. The standard InChI is InChI=1S/C21H24ClFN4O2/c1-26-10-12-27(13-11-26)19(15-6-8-16(23)9-7-15)14-24-20(28)21(29)25-18-5-3-2-4-17(18)22/h2-9,19H,10-14H2,1H3,(H,24,28)(H,25,29). The fourth-order valence-electron chi connectivity index (χ4n) is 3.29. The van der Waals surface area contributed by atoms with Crippen LogP contribution >= 0.6 is 11.6 Å². The SMILES string of the molecule is CN1CCN(C(CNC(=O)C(=O)Nc2ccccc2Cl)c2ccc(F)cc2)CC1. The number of anilines is 1. The molecule has 1 atom stereocenters. The van der Waals surface area contributed by atoms with E-state index in [1.165, 1.54) is 12.1 Å². The lowest BCUT2D eigenvalue weighted by Gasteiger charge is -2.38. The molecule has 154 valence electrons. The molecule has 2 N–H and O–H groups in total. The van der Waals surface area contributed by atoms with Crippen molar-refractivity contribution in [1.82, 2.24) is 15.1 Å². The topological polar surface area (TPSA) is 64.7 Å². The number of rotatable bonds is 5. The fraction of sp³-hybridized carbons (Fsp3) is 0.333. The molecular weight excluding hydrogens is 395 g/mol. The molecule has 0 bridgehead atoms. The molecule has 2 amide bonds. The van der Waals surface area contributed by atoms with Crippen molar-refractivity contribution in [2.45, 2.75) is 6.04 Å². The summed E-state index contributed by atoms with van der Waals surface area (Å²) in [4.78, 5) is 29.0. The van der Waals surface area contributed by atoms with Gasteiger partial charge in [-0.3, -0.25) is 14.5 Å². The monoisotopic (exact) mass is 418 g/mol. The van der Waals surface area contributed by atoms with Gasteiger partial charge in [-0.1, -0.05) is 35.9 Å². The normalized spacial score (nSPS) is 16.2. The predicted molar refractivity (Wildman–Crippen MR) is 111 cm³/mol. The maximum Gasteiger partial charge on any atom is 0.313 e. The number of carbonyl (C=O) groups excluding carboxylic acids is 2. The summed E-state index contributed by atoms with van der Waals surface area (Å²) in [6, 6.07) is 12.8. The Morgan fingerprint density at radius 1 is 1.03 bits per heavy atom. The molecule has 1 saturated heterocycles. The van der Waals surface area contributed by atoms with Crippen LogP contribution in [0.15, 0.2) is 48.5 Å². The van der Waals surface area contributed by atoms with Crippen LogP contribution in [-0.4, -0.2) is 61.4 Å². The second-order valence-electron chi connectivity index (χ2n) is 7.05. The molecule has 29 heavy (non-hydrogen) atoms. The lowest BCUT2D eigenvalue weighted by molar-refractivity contribution is -0.136. The average Bonchev–Trinajstić information content (AvgIpc) is 2.72. The van der Waals surface area contributed by atoms with Crippen LogP contribution in [0.4, 0.5) is 10.1 Å². The van der Waals surface area contributed by atoms with Gasteiger partial charge in [0.05, 0.1) is 16.8 Å². The lowest BCUT2D eigenvalue weighted by Crippen LogP contribution is -2.49. The minimum absolute atomic E-state index is 0.152. The molecule has 1 aliphatic heterocycles. The quantitative estimate of drug-likeness (QED) is 0.732. The number of hydrogen-bond acceptors (Lipinski definition) is 4. The number of nitrogens with one attached hydrogen (secondary N) is 2. The Morgan fingerprint density at radius 3 is 2.34 bits per heavy atom. The maximum atomic E-state index is 13.3. The minimum atomic E-state index is -0.783. The van der Waals surface area contributed by atoms with Crippen molar-refractivity contribution in [2.75, 3.05) is 45.1 Å². The highest BCUT2D eigenvalue weighted by Gasteiger charge is 2.25. The van der Waals surface area contributed by atoms with Crippen LogP contribution in [0.25, 0.3) is 0 Å². The number of amides is 2. The van der Waals surface area contributed by atoms with E-state index >= 15 is 0 Å². The van der Waals surface area contributed by atoms with Crippen LogP contribution in [0.1, 0.15) is 11.6 Å². The van der Waals surface area contributed by atoms with Gasteiger partial charge in [-0.05, 0) is 36.9 Å². The molecule has 0 aliphatic carbocycles. The Labute approximate surface area is 174 Å². The Kier molecular flexibility index (Phi) is 7.19. The Bertz CT molecular complexity index is 854. The number of nitrogens with zero attached hydrogens (tertiary/aromatic N) is 2. The van der Waals surface area contributed by atoms with E-state index in [9.17, 15) is 14.0 Å². The summed E-state index contributed by atoms with van der Waals surface area (Å²) in [5.41, 5.74) is 1.27. The van der Waals surface area contributed by atoms with E-state index in [1.807, 2.05) is 0 Å². The zero-order valence-electron chi connectivity index (χ0n) is 16.2. The van der Waals surface area contributed by atoms with Gasteiger partial charge in [-0.25, -0.2) is 4.39 Å². The highest BCUT2D eigenvalue weighted by molar-refractivity contribution is 6.41. The third-order valence-electron chi connectivity index (χ3n) is 5.02. The largest absolute Gasteiger partial charge is 0.346 e. The number of carbonyl (C=O) groups is 2. The van der Waals surface area contributed by atoms with Crippen molar-refractivity contribution in [3.8, 4) is 0 Å².